The van der Waals surface area contributed by atoms with E-state index in [0.717, 1.165) is 35.4 Å². The van der Waals surface area contributed by atoms with Crippen molar-refractivity contribution >= 4 is 28.9 Å². The Morgan fingerprint density at radius 3 is 2.50 bits per heavy atom. The van der Waals surface area contributed by atoms with Crippen LogP contribution in [0.5, 0.6) is 0 Å². The van der Waals surface area contributed by atoms with E-state index in [9.17, 15) is 4.79 Å². The van der Waals surface area contributed by atoms with Crippen molar-refractivity contribution in [2.45, 2.75) is 59.9 Å². The van der Waals surface area contributed by atoms with Crippen molar-refractivity contribution in [1.82, 2.24) is 10.7 Å². The largest absolute Gasteiger partial charge is 0.455 e. The van der Waals surface area contributed by atoms with E-state index in [1.54, 1.807) is 0 Å². The molecule has 0 atom stereocenters. The Labute approximate surface area is 148 Å². The number of nitrogens with two attached hydrogens (primary N) is 1. The normalized spacial score (nSPS) is 18.2. The lowest BCUT2D eigenvalue weighted by molar-refractivity contribution is 0.0887. The molecule has 0 aliphatic heterocycles. The summed E-state index contributed by atoms with van der Waals surface area (Å²) in [6, 6.07) is 0. The molecule has 0 unspecified atom stereocenters. The first kappa shape index (κ1) is 18.4. The minimum atomic E-state index is -0.333. The molecule has 1 heterocycles. The number of furan rings is 1. The van der Waals surface area contributed by atoms with Gasteiger partial charge in [-0.3, -0.25) is 10.2 Å². The van der Waals surface area contributed by atoms with E-state index in [-0.39, 0.29) is 22.0 Å². The van der Waals surface area contributed by atoms with Crippen LogP contribution in [-0.2, 0) is 6.42 Å². The average molecular weight is 350 g/mol. The highest BCUT2D eigenvalue weighted by Gasteiger charge is 2.36. The third-order valence-corrected chi connectivity index (χ3v) is 3.88. The first-order chi connectivity index (χ1) is 10.9. The molecular formula is C17H26N4O2S. The molecule has 1 aromatic rings. The van der Waals surface area contributed by atoms with Crippen molar-refractivity contribution in [1.29, 1.82) is 0 Å². The molecular weight excluding hydrogens is 324 g/mol. The van der Waals surface area contributed by atoms with Gasteiger partial charge >= 0.3 is 0 Å². The number of rotatable bonds is 2. The van der Waals surface area contributed by atoms with Gasteiger partial charge < -0.3 is 15.5 Å². The van der Waals surface area contributed by atoms with Gasteiger partial charge in [-0.25, -0.2) is 0 Å². The number of fused-ring (bicyclic) bond motifs is 1. The summed E-state index contributed by atoms with van der Waals surface area (Å²) in [4.78, 5) is 12.5. The summed E-state index contributed by atoms with van der Waals surface area (Å²) >= 11 is 4.83. The Bertz CT molecular complexity index is 711. The first-order valence-corrected chi connectivity index (χ1v) is 8.37. The number of nitrogens with zero attached hydrogens (tertiary/aromatic N) is 1. The highest BCUT2D eigenvalue weighted by atomic mass is 32.1. The molecule has 0 saturated carbocycles. The standard InChI is InChI=1S/C17H26N4O2S/c1-9-12-10(20-21-15(18)24)7-17(5,6)8-11(12)23-13(9)14(22)19-16(2,3)4/h7-8H2,1-6H3,(H,19,22)(H3,18,21,24)/b20-10-. The van der Waals surface area contributed by atoms with Crippen LogP contribution >= 0.6 is 12.2 Å². The monoisotopic (exact) mass is 350 g/mol. The molecule has 0 saturated heterocycles. The highest BCUT2D eigenvalue weighted by Crippen LogP contribution is 2.38. The van der Waals surface area contributed by atoms with Crippen LogP contribution < -0.4 is 16.5 Å². The summed E-state index contributed by atoms with van der Waals surface area (Å²) in [7, 11) is 0. The Hall–Kier alpha value is -1.89. The zero-order chi connectivity index (χ0) is 18.3. The molecule has 1 aromatic heterocycles. The van der Waals surface area contributed by atoms with Gasteiger partial charge in [-0.2, -0.15) is 5.10 Å². The van der Waals surface area contributed by atoms with Crippen LogP contribution in [0.4, 0.5) is 0 Å². The maximum absolute atomic E-state index is 12.5. The van der Waals surface area contributed by atoms with E-state index in [2.05, 4.69) is 29.7 Å². The second-order valence-corrected chi connectivity index (χ2v) is 8.55. The number of nitrogens with one attached hydrogen (secondary N) is 2. The fourth-order valence-corrected chi connectivity index (χ4v) is 2.99. The van der Waals surface area contributed by atoms with Crippen LogP contribution in [0, 0.1) is 12.3 Å². The summed E-state index contributed by atoms with van der Waals surface area (Å²) in [5.74, 6) is 0.913. The van der Waals surface area contributed by atoms with E-state index >= 15 is 0 Å². The maximum Gasteiger partial charge on any atom is 0.287 e. The zero-order valence-corrected chi connectivity index (χ0v) is 16.0. The van der Waals surface area contributed by atoms with Crippen LogP contribution in [0.2, 0.25) is 0 Å². The lowest BCUT2D eigenvalue weighted by Gasteiger charge is -2.29. The third-order valence-electron chi connectivity index (χ3n) is 3.79. The predicted molar refractivity (Wildman–Crippen MR) is 99.2 cm³/mol. The van der Waals surface area contributed by atoms with Crippen molar-refractivity contribution in [3.8, 4) is 0 Å². The number of carbonyl (C=O) groups is 1. The Balaban J connectivity index is 2.47. The van der Waals surface area contributed by atoms with E-state index in [1.807, 2.05) is 27.7 Å². The highest BCUT2D eigenvalue weighted by molar-refractivity contribution is 7.80. The number of carbonyl (C=O) groups excluding carboxylic acids is 1. The van der Waals surface area contributed by atoms with Gasteiger partial charge in [0.05, 0.1) is 5.71 Å². The first-order valence-electron chi connectivity index (χ1n) is 7.97. The molecule has 132 valence electrons. The van der Waals surface area contributed by atoms with Crippen molar-refractivity contribution in [2.75, 3.05) is 0 Å². The van der Waals surface area contributed by atoms with Gasteiger partial charge in [-0.15, -0.1) is 0 Å². The van der Waals surface area contributed by atoms with E-state index in [0.29, 0.717) is 5.76 Å². The molecule has 0 fully saturated rings. The van der Waals surface area contributed by atoms with Gasteiger partial charge in [0.25, 0.3) is 5.91 Å². The van der Waals surface area contributed by atoms with Crippen molar-refractivity contribution in [3.63, 3.8) is 0 Å². The van der Waals surface area contributed by atoms with Gasteiger partial charge in [-0.05, 0) is 51.7 Å². The van der Waals surface area contributed by atoms with Gasteiger partial charge in [-0.1, -0.05) is 13.8 Å². The Morgan fingerprint density at radius 2 is 1.96 bits per heavy atom. The van der Waals surface area contributed by atoms with Crippen molar-refractivity contribution < 1.29 is 9.21 Å². The molecule has 4 N–H and O–H groups in total. The van der Waals surface area contributed by atoms with Crippen LogP contribution in [0.25, 0.3) is 0 Å². The summed E-state index contributed by atoms with van der Waals surface area (Å²) in [5, 5.41) is 7.39. The Morgan fingerprint density at radius 1 is 1.33 bits per heavy atom. The molecule has 6 nitrogen and oxygen atoms in total. The van der Waals surface area contributed by atoms with Crippen LogP contribution in [0.3, 0.4) is 0 Å². The summed E-state index contributed by atoms with van der Waals surface area (Å²) < 4.78 is 5.93. The number of amides is 1. The molecule has 1 aliphatic rings. The number of hydrogen-bond acceptors (Lipinski definition) is 4. The minimum absolute atomic E-state index is 0.0220. The average Bonchev–Trinajstić information content (AvgIpc) is 2.69. The zero-order valence-electron chi connectivity index (χ0n) is 15.2. The predicted octanol–water partition coefficient (Wildman–Crippen LogP) is 2.63. The summed E-state index contributed by atoms with van der Waals surface area (Å²) in [5.41, 5.74) is 10.3. The van der Waals surface area contributed by atoms with Crippen molar-refractivity contribution in [2.24, 2.45) is 16.3 Å². The number of hydrazone groups is 1. The fraction of sp³-hybridized carbons (Fsp3) is 0.588. The quantitative estimate of drug-likeness (QED) is 0.563. The van der Waals surface area contributed by atoms with Crippen molar-refractivity contribution in [3.05, 3.63) is 22.6 Å². The van der Waals surface area contributed by atoms with E-state index < -0.39 is 0 Å². The van der Waals surface area contributed by atoms with E-state index in [4.69, 9.17) is 22.4 Å². The topological polar surface area (TPSA) is 92.6 Å². The maximum atomic E-state index is 12.5. The molecule has 0 bridgehead atoms. The molecule has 24 heavy (non-hydrogen) atoms. The molecule has 7 heteroatoms. The Kier molecular flexibility index (Phi) is 4.77. The van der Waals surface area contributed by atoms with Gasteiger partial charge in [0.1, 0.15) is 5.76 Å². The second-order valence-electron chi connectivity index (χ2n) is 8.11. The van der Waals surface area contributed by atoms with Crippen LogP contribution in [-0.4, -0.2) is 22.3 Å². The van der Waals surface area contributed by atoms with Crippen LogP contribution in [0.1, 0.15) is 68.5 Å². The lowest BCUT2D eigenvalue weighted by atomic mass is 9.75. The molecule has 0 aromatic carbocycles. The van der Waals surface area contributed by atoms with E-state index in [1.165, 1.54) is 0 Å². The minimum Gasteiger partial charge on any atom is -0.455 e. The van der Waals surface area contributed by atoms with Gasteiger partial charge in [0.15, 0.2) is 10.9 Å². The molecule has 0 radical (unpaired) electrons. The van der Waals surface area contributed by atoms with Gasteiger partial charge in [0.2, 0.25) is 0 Å². The van der Waals surface area contributed by atoms with Crippen LogP contribution in [0.15, 0.2) is 9.52 Å². The number of hydrogen-bond donors (Lipinski definition) is 3. The lowest BCUT2D eigenvalue weighted by Crippen LogP contribution is -2.40. The SMILES string of the molecule is Cc1c(C(=O)NC(C)(C)C)oc2c1/C(=N\NC(N)=S)CC(C)(C)C2. The number of thiocarbonyl (C=S) groups is 1. The fourth-order valence-electron chi connectivity index (χ4n) is 2.95. The molecule has 2 rings (SSSR count). The molecule has 1 amide bonds. The second kappa shape index (κ2) is 6.20. The summed E-state index contributed by atoms with van der Waals surface area (Å²) in [6.45, 7) is 12.0. The summed E-state index contributed by atoms with van der Waals surface area (Å²) in [6.07, 6.45) is 1.49. The smallest absolute Gasteiger partial charge is 0.287 e. The molecule has 0 spiro atoms. The molecule has 1 aliphatic carbocycles. The van der Waals surface area contributed by atoms with Gasteiger partial charge in [0, 0.05) is 23.1 Å². The third kappa shape index (κ3) is 4.14.